The molecule has 0 unspecified atom stereocenters. The quantitative estimate of drug-likeness (QED) is 0.795. The monoisotopic (exact) mass is 358 g/mol. The number of aliphatic hydroxyl groups excluding tert-OH is 1. The lowest BCUT2D eigenvalue weighted by molar-refractivity contribution is -0.119. The van der Waals surface area contributed by atoms with Crippen molar-refractivity contribution in [2.45, 2.75) is 32.5 Å². The largest absolute Gasteiger partial charge is 0.484 e. The van der Waals surface area contributed by atoms with E-state index in [4.69, 9.17) is 10.5 Å². The minimum atomic E-state index is -0.587. The van der Waals surface area contributed by atoms with Crippen molar-refractivity contribution in [3.05, 3.63) is 47.3 Å². The Morgan fingerprint density at radius 2 is 2.15 bits per heavy atom. The molecule has 1 atom stereocenters. The van der Waals surface area contributed by atoms with Crippen LogP contribution >= 0.6 is 0 Å². The Morgan fingerprint density at radius 3 is 2.88 bits per heavy atom. The van der Waals surface area contributed by atoms with Gasteiger partial charge < -0.3 is 20.5 Å². The number of fused-ring (bicyclic) bond motifs is 1. The van der Waals surface area contributed by atoms with Crippen molar-refractivity contribution in [2.75, 3.05) is 13.2 Å². The van der Waals surface area contributed by atoms with Crippen molar-refractivity contribution in [1.82, 2.24) is 14.7 Å². The molecule has 8 nitrogen and oxygen atoms in total. The standard InChI is InChI=1S/C18H22N4O4/c1-2-16(23)15-9-13-10-21(6-7-22(13)20-15)18(25)12-4-3-5-14(8-12)26-11-17(19)24/h3-5,8-9,16,23H,2,6-7,10-11H2,1H3,(H2,19,24)/t16-/m0/s1. The van der Waals surface area contributed by atoms with Crippen molar-refractivity contribution in [1.29, 1.82) is 0 Å². The number of primary amides is 1. The first-order valence-corrected chi connectivity index (χ1v) is 8.53. The number of nitrogens with two attached hydrogens (primary N) is 1. The molecule has 0 aliphatic carbocycles. The van der Waals surface area contributed by atoms with E-state index in [1.807, 2.05) is 17.7 Å². The summed E-state index contributed by atoms with van der Waals surface area (Å²) in [5.41, 5.74) is 7.08. The van der Waals surface area contributed by atoms with E-state index in [2.05, 4.69) is 5.10 Å². The van der Waals surface area contributed by atoms with Crippen LogP contribution in [0.25, 0.3) is 0 Å². The molecule has 0 radical (unpaired) electrons. The first-order valence-electron chi connectivity index (χ1n) is 8.53. The zero-order valence-electron chi connectivity index (χ0n) is 14.6. The zero-order chi connectivity index (χ0) is 18.7. The second-order valence-corrected chi connectivity index (χ2v) is 6.22. The van der Waals surface area contributed by atoms with Gasteiger partial charge in [-0.25, -0.2) is 0 Å². The van der Waals surface area contributed by atoms with Crippen LogP contribution in [0.5, 0.6) is 5.75 Å². The van der Waals surface area contributed by atoms with Gasteiger partial charge in [-0.2, -0.15) is 5.10 Å². The van der Waals surface area contributed by atoms with Gasteiger partial charge in [0, 0.05) is 12.1 Å². The summed E-state index contributed by atoms with van der Waals surface area (Å²) in [6.07, 6.45) is 0.00771. The fraction of sp³-hybridized carbons (Fsp3) is 0.389. The predicted molar refractivity (Wildman–Crippen MR) is 93.3 cm³/mol. The maximum Gasteiger partial charge on any atom is 0.255 e. The van der Waals surface area contributed by atoms with Gasteiger partial charge in [0.05, 0.1) is 30.6 Å². The van der Waals surface area contributed by atoms with Crippen LogP contribution in [0.3, 0.4) is 0 Å². The summed E-state index contributed by atoms with van der Waals surface area (Å²) in [6, 6.07) is 8.53. The highest BCUT2D eigenvalue weighted by molar-refractivity contribution is 5.94. The van der Waals surface area contributed by atoms with E-state index in [-0.39, 0.29) is 12.5 Å². The predicted octanol–water partition coefficient (Wildman–Crippen LogP) is 0.847. The molecule has 3 rings (SSSR count). The van der Waals surface area contributed by atoms with E-state index < -0.39 is 12.0 Å². The Morgan fingerprint density at radius 1 is 1.35 bits per heavy atom. The van der Waals surface area contributed by atoms with Crippen molar-refractivity contribution >= 4 is 11.8 Å². The molecule has 0 saturated heterocycles. The summed E-state index contributed by atoms with van der Waals surface area (Å²) in [6.45, 7) is 3.20. The summed E-state index contributed by atoms with van der Waals surface area (Å²) in [5, 5.41) is 14.4. The minimum Gasteiger partial charge on any atom is -0.484 e. The van der Waals surface area contributed by atoms with E-state index in [1.165, 1.54) is 0 Å². The van der Waals surface area contributed by atoms with Crippen LogP contribution in [0.15, 0.2) is 30.3 Å². The highest BCUT2D eigenvalue weighted by Crippen LogP contribution is 2.22. The summed E-state index contributed by atoms with van der Waals surface area (Å²) in [4.78, 5) is 25.3. The van der Waals surface area contributed by atoms with Crippen LogP contribution in [0, 0.1) is 0 Å². The third kappa shape index (κ3) is 3.85. The highest BCUT2D eigenvalue weighted by Gasteiger charge is 2.24. The molecule has 0 fully saturated rings. The molecule has 0 spiro atoms. The molecule has 2 heterocycles. The number of carbonyl (C=O) groups excluding carboxylic acids is 2. The molecule has 138 valence electrons. The number of nitrogens with zero attached hydrogens (tertiary/aromatic N) is 3. The van der Waals surface area contributed by atoms with Crippen LogP contribution in [0.2, 0.25) is 0 Å². The van der Waals surface area contributed by atoms with E-state index >= 15 is 0 Å². The number of benzene rings is 1. The third-order valence-electron chi connectivity index (χ3n) is 4.29. The minimum absolute atomic E-state index is 0.125. The van der Waals surface area contributed by atoms with Gasteiger partial charge in [-0.05, 0) is 30.7 Å². The fourth-order valence-corrected chi connectivity index (χ4v) is 2.89. The summed E-state index contributed by atoms with van der Waals surface area (Å²) < 4.78 is 7.09. The number of rotatable bonds is 6. The average Bonchev–Trinajstić information content (AvgIpc) is 3.08. The van der Waals surface area contributed by atoms with Gasteiger partial charge in [0.2, 0.25) is 0 Å². The molecule has 1 aliphatic heterocycles. The lowest BCUT2D eigenvalue weighted by atomic mass is 10.1. The van der Waals surface area contributed by atoms with Crippen molar-refractivity contribution in [3.63, 3.8) is 0 Å². The zero-order valence-corrected chi connectivity index (χ0v) is 14.6. The summed E-state index contributed by atoms with van der Waals surface area (Å²) in [5.74, 6) is -0.277. The van der Waals surface area contributed by atoms with Gasteiger partial charge in [0.15, 0.2) is 6.61 Å². The molecule has 3 N–H and O–H groups in total. The molecule has 1 aromatic carbocycles. The van der Waals surface area contributed by atoms with Gasteiger partial charge in [-0.3, -0.25) is 14.3 Å². The van der Waals surface area contributed by atoms with Gasteiger partial charge in [-0.1, -0.05) is 13.0 Å². The molecule has 26 heavy (non-hydrogen) atoms. The molecular weight excluding hydrogens is 336 g/mol. The Labute approximate surface area is 151 Å². The molecule has 0 bridgehead atoms. The van der Waals surface area contributed by atoms with Crippen LogP contribution < -0.4 is 10.5 Å². The second-order valence-electron chi connectivity index (χ2n) is 6.22. The van der Waals surface area contributed by atoms with Gasteiger partial charge in [-0.15, -0.1) is 0 Å². The molecule has 8 heteroatoms. The van der Waals surface area contributed by atoms with Gasteiger partial charge >= 0.3 is 0 Å². The van der Waals surface area contributed by atoms with Crippen molar-refractivity contribution < 1.29 is 19.4 Å². The molecule has 2 aromatic rings. The number of aromatic nitrogens is 2. The Hall–Kier alpha value is -2.87. The number of aliphatic hydroxyl groups is 1. The van der Waals surface area contributed by atoms with Crippen LogP contribution in [0.1, 0.15) is 41.2 Å². The smallest absolute Gasteiger partial charge is 0.255 e. The Bertz CT molecular complexity index is 817. The third-order valence-corrected chi connectivity index (χ3v) is 4.29. The Balaban J connectivity index is 1.72. The first-order chi connectivity index (χ1) is 12.5. The number of hydrogen-bond donors (Lipinski definition) is 2. The normalized spacial score (nSPS) is 14.6. The molecule has 1 aromatic heterocycles. The van der Waals surface area contributed by atoms with E-state index in [9.17, 15) is 14.7 Å². The van der Waals surface area contributed by atoms with E-state index in [0.29, 0.717) is 43.1 Å². The number of carbonyl (C=O) groups is 2. The molecular formula is C18H22N4O4. The van der Waals surface area contributed by atoms with Crippen LogP contribution in [-0.4, -0.2) is 44.8 Å². The average molecular weight is 358 g/mol. The van der Waals surface area contributed by atoms with Crippen LogP contribution in [-0.2, 0) is 17.9 Å². The Kier molecular flexibility index (Phi) is 5.22. The lowest BCUT2D eigenvalue weighted by Gasteiger charge is -2.27. The van der Waals surface area contributed by atoms with E-state index in [0.717, 1.165) is 5.69 Å². The number of ether oxygens (including phenoxy) is 1. The SMILES string of the molecule is CC[C@H](O)c1cc2n(n1)CCN(C(=O)c1cccc(OCC(N)=O)c1)C2. The van der Waals surface area contributed by atoms with Gasteiger partial charge in [0.25, 0.3) is 11.8 Å². The molecule has 1 aliphatic rings. The van der Waals surface area contributed by atoms with Crippen molar-refractivity contribution in [3.8, 4) is 5.75 Å². The number of amides is 2. The topological polar surface area (TPSA) is 111 Å². The van der Waals surface area contributed by atoms with E-state index in [1.54, 1.807) is 29.2 Å². The lowest BCUT2D eigenvalue weighted by Crippen LogP contribution is -2.38. The van der Waals surface area contributed by atoms with Crippen LogP contribution in [0.4, 0.5) is 0 Å². The highest BCUT2D eigenvalue weighted by atomic mass is 16.5. The molecule has 2 amide bonds. The fourth-order valence-electron chi connectivity index (χ4n) is 2.89. The second kappa shape index (κ2) is 7.57. The van der Waals surface area contributed by atoms with Gasteiger partial charge in [0.1, 0.15) is 5.75 Å². The first kappa shape index (κ1) is 17.9. The maximum atomic E-state index is 12.8. The number of hydrogen-bond acceptors (Lipinski definition) is 5. The molecule has 0 saturated carbocycles. The van der Waals surface area contributed by atoms with Crippen molar-refractivity contribution in [2.24, 2.45) is 5.73 Å². The maximum absolute atomic E-state index is 12.8. The summed E-state index contributed by atoms with van der Waals surface area (Å²) >= 11 is 0. The summed E-state index contributed by atoms with van der Waals surface area (Å²) in [7, 11) is 0.